The molecule has 0 aromatic heterocycles. The van der Waals surface area contributed by atoms with Crippen molar-refractivity contribution in [3.63, 3.8) is 0 Å². The number of hydrogen-bond acceptors (Lipinski definition) is 3. The molecule has 0 aliphatic heterocycles. The van der Waals surface area contributed by atoms with E-state index in [-0.39, 0.29) is 11.7 Å². The number of phenols is 1. The van der Waals surface area contributed by atoms with Gasteiger partial charge in [0.15, 0.2) is 0 Å². The van der Waals surface area contributed by atoms with Crippen LogP contribution in [0.3, 0.4) is 0 Å². The molecule has 0 spiro atoms. The molecule has 0 unspecified atom stereocenters. The number of likely N-dealkylation sites (N-methyl/N-ethyl adjacent to an activating group) is 1. The summed E-state index contributed by atoms with van der Waals surface area (Å²) in [6, 6.07) is 6.30. The van der Waals surface area contributed by atoms with Gasteiger partial charge in [0, 0.05) is 24.7 Å². The first-order valence-corrected chi connectivity index (χ1v) is 5.16. The van der Waals surface area contributed by atoms with Gasteiger partial charge >= 0.3 is 0 Å². The molecule has 16 heavy (non-hydrogen) atoms. The molecule has 1 rings (SSSR count). The molecule has 88 valence electrons. The quantitative estimate of drug-likeness (QED) is 0.807. The molecule has 0 atom stereocenters. The number of carbonyl (C=O) groups excluding carboxylic acids is 1. The van der Waals surface area contributed by atoms with Crippen molar-refractivity contribution in [2.45, 2.75) is 19.4 Å². The predicted molar refractivity (Wildman–Crippen MR) is 63.3 cm³/mol. The van der Waals surface area contributed by atoms with Crippen molar-refractivity contribution in [3.05, 3.63) is 29.8 Å². The Labute approximate surface area is 95.7 Å². The van der Waals surface area contributed by atoms with Crippen molar-refractivity contribution in [2.24, 2.45) is 5.73 Å². The maximum atomic E-state index is 12.1. The minimum absolute atomic E-state index is 0.0878. The highest BCUT2D eigenvalue weighted by Gasteiger charge is 2.26. The topological polar surface area (TPSA) is 66.6 Å². The van der Waals surface area contributed by atoms with Gasteiger partial charge in [0.25, 0.3) is 5.91 Å². The Morgan fingerprint density at radius 1 is 1.50 bits per heavy atom. The number of rotatable bonds is 3. The molecule has 1 amide bonds. The molecule has 4 heteroatoms. The molecular weight excluding hydrogens is 204 g/mol. The van der Waals surface area contributed by atoms with Gasteiger partial charge in [0.1, 0.15) is 5.75 Å². The Kier molecular flexibility index (Phi) is 3.55. The van der Waals surface area contributed by atoms with Crippen LogP contribution < -0.4 is 5.73 Å². The molecule has 0 fully saturated rings. The summed E-state index contributed by atoms with van der Waals surface area (Å²) in [4.78, 5) is 13.6. The first-order valence-electron chi connectivity index (χ1n) is 5.16. The van der Waals surface area contributed by atoms with Crippen LogP contribution in [0, 0.1) is 0 Å². The van der Waals surface area contributed by atoms with Gasteiger partial charge in [0.2, 0.25) is 0 Å². The van der Waals surface area contributed by atoms with Crippen molar-refractivity contribution < 1.29 is 9.90 Å². The highest BCUT2D eigenvalue weighted by atomic mass is 16.3. The summed E-state index contributed by atoms with van der Waals surface area (Å²) in [7, 11) is 1.71. The summed E-state index contributed by atoms with van der Waals surface area (Å²) < 4.78 is 0. The zero-order valence-corrected chi connectivity index (χ0v) is 9.90. The van der Waals surface area contributed by atoms with E-state index < -0.39 is 5.54 Å². The van der Waals surface area contributed by atoms with Gasteiger partial charge in [-0.1, -0.05) is 6.07 Å². The number of benzene rings is 1. The van der Waals surface area contributed by atoms with E-state index in [1.807, 2.05) is 13.8 Å². The molecule has 0 saturated heterocycles. The van der Waals surface area contributed by atoms with E-state index in [2.05, 4.69) is 0 Å². The molecule has 0 heterocycles. The van der Waals surface area contributed by atoms with Crippen LogP contribution in [-0.4, -0.2) is 35.0 Å². The summed E-state index contributed by atoms with van der Waals surface area (Å²) in [5.74, 6) is -0.0591. The summed E-state index contributed by atoms with van der Waals surface area (Å²) in [6.45, 7) is 4.18. The van der Waals surface area contributed by atoms with E-state index in [0.717, 1.165) is 0 Å². The fourth-order valence-electron chi connectivity index (χ4n) is 1.24. The summed E-state index contributed by atoms with van der Waals surface area (Å²) in [5, 5.41) is 9.31. The monoisotopic (exact) mass is 222 g/mol. The second-order valence-corrected chi connectivity index (χ2v) is 4.43. The van der Waals surface area contributed by atoms with Crippen LogP contribution >= 0.6 is 0 Å². The Morgan fingerprint density at radius 3 is 2.62 bits per heavy atom. The Morgan fingerprint density at radius 2 is 2.12 bits per heavy atom. The highest BCUT2D eigenvalue weighted by molar-refractivity contribution is 5.94. The summed E-state index contributed by atoms with van der Waals surface area (Å²) >= 11 is 0. The summed E-state index contributed by atoms with van der Waals surface area (Å²) in [6.07, 6.45) is 0. The fourth-order valence-corrected chi connectivity index (χ4v) is 1.24. The van der Waals surface area contributed by atoms with Gasteiger partial charge in [-0.05, 0) is 32.0 Å². The maximum absolute atomic E-state index is 12.1. The first-order chi connectivity index (χ1) is 7.38. The van der Waals surface area contributed by atoms with Crippen molar-refractivity contribution in [2.75, 3.05) is 13.6 Å². The molecule has 1 aromatic carbocycles. The zero-order chi connectivity index (χ0) is 12.3. The van der Waals surface area contributed by atoms with Gasteiger partial charge in [-0.2, -0.15) is 0 Å². The van der Waals surface area contributed by atoms with Gasteiger partial charge < -0.3 is 15.7 Å². The normalized spacial score (nSPS) is 11.2. The number of carbonyl (C=O) groups is 1. The molecule has 4 nitrogen and oxygen atoms in total. The number of amides is 1. The van der Waals surface area contributed by atoms with Crippen molar-refractivity contribution in [3.8, 4) is 5.75 Å². The lowest BCUT2D eigenvalue weighted by molar-refractivity contribution is 0.0640. The van der Waals surface area contributed by atoms with Gasteiger partial charge in [-0.3, -0.25) is 4.79 Å². The Balaban J connectivity index is 2.95. The maximum Gasteiger partial charge on any atom is 0.254 e. The third-order valence-electron chi connectivity index (χ3n) is 2.81. The number of hydrogen-bond donors (Lipinski definition) is 2. The number of nitrogens with two attached hydrogens (primary N) is 1. The minimum Gasteiger partial charge on any atom is -0.508 e. The lowest BCUT2D eigenvalue weighted by Crippen LogP contribution is -2.50. The molecule has 0 radical (unpaired) electrons. The van der Waals surface area contributed by atoms with Crippen LogP contribution in [0.15, 0.2) is 24.3 Å². The predicted octanol–water partition coefficient (Wildman–Crippen LogP) is 1.20. The van der Waals surface area contributed by atoms with Crippen LogP contribution in [0.5, 0.6) is 5.75 Å². The lowest BCUT2D eigenvalue weighted by atomic mass is 10.0. The minimum atomic E-state index is -0.400. The second-order valence-electron chi connectivity index (χ2n) is 4.43. The third-order valence-corrected chi connectivity index (χ3v) is 2.81. The molecular formula is C12H18N2O2. The SMILES string of the molecule is CN(C(=O)c1cccc(O)c1)C(C)(C)CN. The van der Waals surface area contributed by atoms with E-state index in [9.17, 15) is 9.90 Å². The number of phenolic OH excluding ortho intramolecular Hbond substituents is 1. The van der Waals surface area contributed by atoms with E-state index in [0.29, 0.717) is 12.1 Å². The van der Waals surface area contributed by atoms with Crippen LogP contribution in [0.1, 0.15) is 24.2 Å². The smallest absolute Gasteiger partial charge is 0.254 e. The molecule has 0 saturated carbocycles. The van der Waals surface area contributed by atoms with Gasteiger partial charge in [-0.15, -0.1) is 0 Å². The van der Waals surface area contributed by atoms with Crippen molar-refractivity contribution in [1.29, 1.82) is 0 Å². The lowest BCUT2D eigenvalue weighted by Gasteiger charge is -2.34. The van der Waals surface area contributed by atoms with Crippen LogP contribution in [-0.2, 0) is 0 Å². The zero-order valence-electron chi connectivity index (χ0n) is 9.90. The summed E-state index contributed by atoms with van der Waals surface area (Å²) in [5.41, 5.74) is 5.67. The van der Waals surface area contributed by atoms with E-state index in [4.69, 9.17) is 5.73 Å². The molecule has 0 aliphatic rings. The van der Waals surface area contributed by atoms with Crippen molar-refractivity contribution in [1.82, 2.24) is 4.90 Å². The average molecular weight is 222 g/mol. The van der Waals surface area contributed by atoms with E-state index in [1.54, 1.807) is 24.1 Å². The first kappa shape index (κ1) is 12.5. The Bertz CT molecular complexity index is 388. The van der Waals surface area contributed by atoms with Gasteiger partial charge in [-0.25, -0.2) is 0 Å². The molecule has 1 aromatic rings. The third kappa shape index (κ3) is 2.52. The highest BCUT2D eigenvalue weighted by Crippen LogP contribution is 2.17. The largest absolute Gasteiger partial charge is 0.508 e. The molecule has 0 aliphatic carbocycles. The molecule has 3 N–H and O–H groups in total. The van der Waals surface area contributed by atoms with E-state index in [1.165, 1.54) is 12.1 Å². The number of aromatic hydroxyl groups is 1. The second kappa shape index (κ2) is 4.53. The van der Waals surface area contributed by atoms with Crippen LogP contribution in [0.2, 0.25) is 0 Å². The van der Waals surface area contributed by atoms with Crippen LogP contribution in [0.25, 0.3) is 0 Å². The fraction of sp³-hybridized carbons (Fsp3) is 0.417. The van der Waals surface area contributed by atoms with Gasteiger partial charge in [0.05, 0.1) is 0 Å². The number of nitrogens with zero attached hydrogens (tertiary/aromatic N) is 1. The average Bonchev–Trinajstić information content (AvgIpc) is 2.27. The van der Waals surface area contributed by atoms with Crippen molar-refractivity contribution >= 4 is 5.91 Å². The Hall–Kier alpha value is -1.55. The standard InChI is InChI=1S/C12H18N2O2/c1-12(2,8-13)14(3)11(16)9-5-4-6-10(15)7-9/h4-7,15H,8,13H2,1-3H3. The van der Waals surface area contributed by atoms with Crippen LogP contribution in [0.4, 0.5) is 0 Å². The van der Waals surface area contributed by atoms with E-state index >= 15 is 0 Å². The molecule has 0 bridgehead atoms.